The van der Waals surface area contributed by atoms with E-state index in [9.17, 15) is 23.1 Å². The van der Waals surface area contributed by atoms with Crippen molar-refractivity contribution in [1.29, 1.82) is 0 Å². The number of halogens is 3. The van der Waals surface area contributed by atoms with E-state index in [0.717, 1.165) is 4.57 Å². The van der Waals surface area contributed by atoms with Crippen LogP contribution >= 0.6 is 11.3 Å². The molecule has 0 aliphatic carbocycles. The molecule has 2 heterocycles. The van der Waals surface area contributed by atoms with Crippen molar-refractivity contribution in [3.8, 4) is 5.69 Å². The van der Waals surface area contributed by atoms with Gasteiger partial charge in [0.1, 0.15) is 0 Å². The lowest BCUT2D eigenvalue weighted by Crippen LogP contribution is -2.14. The molecule has 4 nitrogen and oxygen atoms in total. The summed E-state index contributed by atoms with van der Waals surface area (Å²) in [6.07, 6.45) is -4.68. The second kappa shape index (κ2) is 4.59. The topological polar surface area (TPSA) is 55.1 Å². The van der Waals surface area contributed by atoms with Crippen LogP contribution in [0.5, 0.6) is 0 Å². The molecule has 108 valence electrons. The van der Waals surface area contributed by atoms with Gasteiger partial charge in [0.15, 0.2) is 0 Å². The van der Waals surface area contributed by atoms with Gasteiger partial charge in [0, 0.05) is 5.38 Å². The van der Waals surface area contributed by atoms with Crippen LogP contribution in [0.2, 0.25) is 0 Å². The normalized spacial score (nSPS) is 12.0. The van der Waals surface area contributed by atoms with E-state index in [-0.39, 0.29) is 22.3 Å². The summed E-state index contributed by atoms with van der Waals surface area (Å²) in [5, 5.41) is 12.3. The molecule has 0 atom stereocenters. The second-order valence-corrected chi connectivity index (χ2v) is 5.01. The van der Waals surface area contributed by atoms with Gasteiger partial charge in [0.25, 0.3) is 0 Å². The molecule has 1 aromatic carbocycles. The molecule has 0 spiro atoms. The van der Waals surface area contributed by atoms with Crippen molar-refractivity contribution in [2.75, 3.05) is 0 Å². The fourth-order valence-electron chi connectivity index (χ4n) is 2.13. The van der Waals surface area contributed by atoms with Crippen molar-refractivity contribution in [1.82, 2.24) is 9.55 Å². The number of thiophene rings is 1. The third kappa shape index (κ3) is 2.17. The van der Waals surface area contributed by atoms with E-state index in [0.29, 0.717) is 0 Å². The maximum Gasteiger partial charge on any atom is 0.450 e. The molecule has 0 radical (unpaired) electrons. The maximum atomic E-state index is 13.2. The number of benzene rings is 1. The van der Waals surface area contributed by atoms with Gasteiger partial charge in [0.05, 0.1) is 22.3 Å². The Balaban J connectivity index is 2.47. The first-order chi connectivity index (χ1) is 9.89. The Morgan fingerprint density at radius 1 is 1.29 bits per heavy atom. The largest absolute Gasteiger partial charge is 0.478 e. The van der Waals surface area contributed by atoms with Crippen LogP contribution in [0.25, 0.3) is 16.7 Å². The molecular formula is C13H7F3N2O2S. The van der Waals surface area contributed by atoms with Crippen molar-refractivity contribution in [2.24, 2.45) is 0 Å². The van der Waals surface area contributed by atoms with Gasteiger partial charge in [-0.05, 0) is 23.6 Å². The van der Waals surface area contributed by atoms with Gasteiger partial charge in [-0.3, -0.25) is 4.57 Å². The summed E-state index contributed by atoms with van der Waals surface area (Å²) in [4.78, 5) is 14.8. The minimum absolute atomic E-state index is 0.00609. The molecule has 0 amide bonds. The Hall–Kier alpha value is -2.35. The number of para-hydroxylation sites is 1. The number of fused-ring (bicyclic) bond motifs is 1. The zero-order valence-electron chi connectivity index (χ0n) is 10.3. The van der Waals surface area contributed by atoms with Crippen LogP contribution in [0, 0.1) is 0 Å². The highest BCUT2D eigenvalue weighted by molar-refractivity contribution is 7.08. The molecule has 1 N–H and O–H groups in total. The van der Waals surface area contributed by atoms with Crippen molar-refractivity contribution < 1.29 is 23.1 Å². The predicted octanol–water partition coefficient (Wildman–Crippen LogP) is 3.80. The van der Waals surface area contributed by atoms with Crippen molar-refractivity contribution in [3.63, 3.8) is 0 Å². The Morgan fingerprint density at radius 3 is 2.62 bits per heavy atom. The molecule has 3 rings (SSSR count). The summed E-state index contributed by atoms with van der Waals surface area (Å²) < 4.78 is 40.4. The smallest absolute Gasteiger partial charge is 0.450 e. The summed E-state index contributed by atoms with van der Waals surface area (Å²) in [6, 6.07) is 5.48. The highest BCUT2D eigenvalue weighted by Crippen LogP contribution is 2.35. The summed E-state index contributed by atoms with van der Waals surface area (Å²) in [5.41, 5.74) is -0.0469. The molecule has 0 bridgehead atoms. The number of aromatic nitrogens is 2. The van der Waals surface area contributed by atoms with Gasteiger partial charge in [-0.15, -0.1) is 0 Å². The molecule has 2 aromatic heterocycles. The van der Waals surface area contributed by atoms with E-state index >= 15 is 0 Å². The number of carbonyl (C=O) groups is 1. The van der Waals surface area contributed by atoms with E-state index in [1.165, 1.54) is 41.0 Å². The third-order valence-corrected chi connectivity index (χ3v) is 3.60. The highest BCUT2D eigenvalue weighted by Gasteiger charge is 2.38. The number of alkyl halides is 3. The molecule has 3 aromatic rings. The van der Waals surface area contributed by atoms with Gasteiger partial charge in [-0.2, -0.15) is 24.5 Å². The summed E-state index contributed by atoms with van der Waals surface area (Å²) >= 11 is 1.22. The van der Waals surface area contributed by atoms with E-state index < -0.39 is 18.0 Å². The predicted molar refractivity (Wildman–Crippen MR) is 70.9 cm³/mol. The van der Waals surface area contributed by atoms with Crippen molar-refractivity contribution in [2.45, 2.75) is 6.18 Å². The Kier molecular flexibility index (Phi) is 2.98. The quantitative estimate of drug-likeness (QED) is 0.783. The van der Waals surface area contributed by atoms with Crippen LogP contribution in [-0.2, 0) is 6.18 Å². The standard InChI is InChI=1S/C13H7F3N2O2S/c14-13(15,16)12-17-9-3-1-2-8(11(19)20)10(9)18(12)7-4-5-21-6-7/h1-6H,(H,19,20). The SMILES string of the molecule is O=C(O)c1cccc2nc(C(F)(F)F)n(-c3ccsc3)c12. The Bertz CT molecular complexity index is 822. The molecule has 0 fully saturated rings. The first-order valence-corrected chi connectivity index (χ1v) is 6.68. The number of imidazole rings is 1. The van der Waals surface area contributed by atoms with Crippen LogP contribution in [0.1, 0.15) is 16.2 Å². The maximum absolute atomic E-state index is 13.2. The lowest BCUT2D eigenvalue weighted by Gasteiger charge is -2.10. The number of carboxylic acid groups (broad SMARTS) is 1. The van der Waals surface area contributed by atoms with Crippen LogP contribution < -0.4 is 0 Å². The summed E-state index contributed by atoms with van der Waals surface area (Å²) in [6.45, 7) is 0. The van der Waals surface area contributed by atoms with Gasteiger partial charge < -0.3 is 5.11 Å². The minimum Gasteiger partial charge on any atom is -0.478 e. The van der Waals surface area contributed by atoms with Crippen LogP contribution in [-0.4, -0.2) is 20.6 Å². The fourth-order valence-corrected chi connectivity index (χ4v) is 2.75. The van der Waals surface area contributed by atoms with Crippen molar-refractivity contribution in [3.05, 3.63) is 46.4 Å². The first-order valence-electron chi connectivity index (χ1n) is 5.74. The third-order valence-electron chi connectivity index (χ3n) is 2.92. The van der Waals surface area contributed by atoms with Crippen LogP contribution in [0.3, 0.4) is 0 Å². The summed E-state index contributed by atoms with van der Waals surface area (Å²) in [7, 11) is 0. The monoisotopic (exact) mass is 312 g/mol. The van der Waals surface area contributed by atoms with Gasteiger partial charge in [-0.25, -0.2) is 9.78 Å². The number of nitrogens with zero attached hydrogens (tertiary/aromatic N) is 2. The van der Waals surface area contributed by atoms with E-state index in [4.69, 9.17) is 0 Å². The van der Waals surface area contributed by atoms with E-state index in [2.05, 4.69) is 4.98 Å². The van der Waals surface area contributed by atoms with Gasteiger partial charge >= 0.3 is 12.1 Å². The van der Waals surface area contributed by atoms with Gasteiger partial charge in [-0.1, -0.05) is 6.07 Å². The molecule has 0 saturated heterocycles. The zero-order chi connectivity index (χ0) is 15.2. The molecule has 0 unspecified atom stereocenters. The average Bonchev–Trinajstić information content (AvgIpc) is 3.03. The lowest BCUT2D eigenvalue weighted by molar-refractivity contribution is -0.145. The number of hydrogen-bond donors (Lipinski definition) is 1. The van der Waals surface area contributed by atoms with Gasteiger partial charge in [0.2, 0.25) is 5.82 Å². The number of carboxylic acids is 1. The molecule has 8 heteroatoms. The number of hydrogen-bond acceptors (Lipinski definition) is 3. The summed E-state index contributed by atoms with van der Waals surface area (Å²) in [5.74, 6) is -2.43. The highest BCUT2D eigenvalue weighted by atomic mass is 32.1. The van der Waals surface area contributed by atoms with E-state index in [1.54, 1.807) is 5.38 Å². The Labute approximate surface area is 120 Å². The molecule has 21 heavy (non-hydrogen) atoms. The zero-order valence-corrected chi connectivity index (χ0v) is 11.1. The van der Waals surface area contributed by atoms with Crippen LogP contribution in [0.4, 0.5) is 13.2 Å². The van der Waals surface area contributed by atoms with E-state index in [1.807, 2.05) is 0 Å². The lowest BCUT2D eigenvalue weighted by atomic mass is 10.2. The van der Waals surface area contributed by atoms with Crippen molar-refractivity contribution >= 4 is 28.3 Å². The second-order valence-electron chi connectivity index (χ2n) is 4.23. The Morgan fingerprint density at radius 2 is 2.05 bits per heavy atom. The molecule has 0 saturated carbocycles. The number of rotatable bonds is 2. The average molecular weight is 312 g/mol. The van der Waals surface area contributed by atoms with Crippen LogP contribution in [0.15, 0.2) is 35.0 Å². The first kappa shape index (κ1) is 13.6. The molecule has 0 aliphatic rings. The minimum atomic E-state index is -4.68. The number of aromatic carboxylic acids is 1. The fraction of sp³-hybridized carbons (Fsp3) is 0.0769. The molecule has 0 aliphatic heterocycles. The molecular weight excluding hydrogens is 305 g/mol.